The number of carbonyl (C=O) groups is 4. The second-order valence-corrected chi connectivity index (χ2v) is 36.4. The van der Waals surface area contributed by atoms with E-state index in [-0.39, 0.29) is 25.7 Å². The maximum Gasteiger partial charge on any atom is 0.472 e. The molecule has 2 unspecified atom stereocenters. The van der Waals surface area contributed by atoms with Crippen molar-refractivity contribution in [3.63, 3.8) is 0 Å². The zero-order valence-electron chi connectivity index (χ0n) is 73.1. The lowest BCUT2D eigenvalue weighted by atomic mass is 10.0. The Morgan fingerprint density at radius 3 is 0.613 bits per heavy atom. The van der Waals surface area contributed by atoms with Gasteiger partial charge in [0.25, 0.3) is 0 Å². The molecule has 0 aliphatic rings. The highest BCUT2D eigenvalue weighted by Crippen LogP contribution is 2.45. The molecule has 0 rings (SSSR count). The van der Waals surface area contributed by atoms with Crippen LogP contribution in [0.1, 0.15) is 503 Å². The summed E-state index contributed by atoms with van der Waals surface area (Å²) in [6.07, 6.45) is 80.7. The highest BCUT2D eigenvalue weighted by Gasteiger charge is 2.31. The summed E-state index contributed by atoms with van der Waals surface area (Å²) in [5.74, 6) is -1.29. The van der Waals surface area contributed by atoms with Crippen molar-refractivity contribution >= 4 is 39.5 Å². The molecule has 0 bridgehead atoms. The van der Waals surface area contributed by atoms with Crippen LogP contribution in [0.5, 0.6) is 0 Å². The Kier molecular flexibility index (Phi) is 83.0. The van der Waals surface area contributed by atoms with Crippen molar-refractivity contribution in [2.45, 2.75) is 522 Å². The van der Waals surface area contributed by atoms with Crippen LogP contribution < -0.4 is 0 Å². The number of carbonyl (C=O) groups excluding carboxylic acids is 4. The number of hydrogen-bond donors (Lipinski definition) is 3. The van der Waals surface area contributed by atoms with Gasteiger partial charge in [0.15, 0.2) is 12.2 Å². The molecule has 0 amide bonds. The van der Waals surface area contributed by atoms with E-state index >= 15 is 0 Å². The van der Waals surface area contributed by atoms with Crippen molar-refractivity contribution in [2.75, 3.05) is 39.6 Å². The van der Waals surface area contributed by atoms with Gasteiger partial charge in [-0.05, 0) is 31.6 Å². The number of phosphoric acid groups is 2. The molecular formula is C92H180O17P2. The van der Waals surface area contributed by atoms with Gasteiger partial charge >= 0.3 is 39.5 Å². The monoisotopic (exact) mass is 1620 g/mol. The van der Waals surface area contributed by atoms with E-state index in [4.69, 9.17) is 37.0 Å². The first kappa shape index (κ1) is 109. The highest BCUT2D eigenvalue weighted by atomic mass is 31.2. The average molecular weight is 1620 g/mol. The molecule has 0 aromatic carbocycles. The summed E-state index contributed by atoms with van der Waals surface area (Å²) in [7, 11) is -9.94. The number of aliphatic hydroxyl groups excluding tert-OH is 1. The molecule has 0 heterocycles. The minimum Gasteiger partial charge on any atom is -0.462 e. The van der Waals surface area contributed by atoms with E-state index < -0.39 is 97.5 Å². The third-order valence-electron chi connectivity index (χ3n) is 21.8. The standard InChI is InChI=1S/C92H180O17P2/c1-6-9-12-15-18-21-24-26-28-30-32-34-35-37-39-43-47-52-57-62-67-72-77-91(96)109-88(82-103-90(95)76-71-66-61-56-51-46-42-38-36-33-31-29-27-25-22-19-16-13-10-7-2)84-107-111(100,101)105-80-86(93)79-104-110(98,99)106-83-87(81-102-89(94)75-70-65-60-55-49-23-20-17-14-11-8-3)108-92(97)78-73-68-63-58-53-48-44-40-41-45-50-54-59-64-69-74-85(4)5/h85-88,93H,6-84H2,1-5H3,(H,98,99)(H,100,101)/t86-,87+,88+/m0/s1. The van der Waals surface area contributed by atoms with E-state index in [1.165, 1.54) is 327 Å². The quantitative estimate of drug-likeness (QED) is 0.0222. The van der Waals surface area contributed by atoms with Crippen molar-refractivity contribution in [1.82, 2.24) is 0 Å². The number of phosphoric ester groups is 2. The summed E-state index contributed by atoms with van der Waals surface area (Å²) in [5.41, 5.74) is 0. The first-order valence-corrected chi connectivity index (χ1v) is 50.6. The van der Waals surface area contributed by atoms with Crippen LogP contribution in [0.15, 0.2) is 0 Å². The smallest absolute Gasteiger partial charge is 0.462 e. The lowest BCUT2D eigenvalue weighted by Crippen LogP contribution is -2.30. The van der Waals surface area contributed by atoms with Gasteiger partial charge in [0.05, 0.1) is 26.4 Å². The number of aliphatic hydroxyl groups is 1. The third kappa shape index (κ3) is 85.8. The third-order valence-corrected chi connectivity index (χ3v) is 23.7. The van der Waals surface area contributed by atoms with E-state index in [1.807, 2.05) is 0 Å². The topological polar surface area (TPSA) is 237 Å². The normalized spacial score (nSPS) is 13.7. The molecule has 5 atom stereocenters. The minimum atomic E-state index is -4.97. The van der Waals surface area contributed by atoms with Crippen molar-refractivity contribution in [3.8, 4) is 0 Å². The Balaban J connectivity index is 5.22. The summed E-state index contributed by atoms with van der Waals surface area (Å²) in [5, 5.41) is 10.7. The van der Waals surface area contributed by atoms with Gasteiger partial charge in [0.2, 0.25) is 0 Å². The van der Waals surface area contributed by atoms with Gasteiger partial charge < -0.3 is 33.8 Å². The van der Waals surface area contributed by atoms with Crippen LogP contribution in [0.4, 0.5) is 0 Å². The van der Waals surface area contributed by atoms with Crippen molar-refractivity contribution in [1.29, 1.82) is 0 Å². The van der Waals surface area contributed by atoms with Crippen LogP contribution in [0.2, 0.25) is 0 Å². The fourth-order valence-corrected chi connectivity index (χ4v) is 16.1. The fourth-order valence-electron chi connectivity index (χ4n) is 14.5. The summed E-state index contributed by atoms with van der Waals surface area (Å²) in [4.78, 5) is 73.4. The molecule has 0 aromatic rings. The molecule has 0 saturated carbocycles. The van der Waals surface area contributed by atoms with E-state index in [2.05, 4.69) is 34.6 Å². The van der Waals surface area contributed by atoms with Crippen LogP contribution >= 0.6 is 15.6 Å². The van der Waals surface area contributed by atoms with Gasteiger partial charge in [-0.25, -0.2) is 9.13 Å². The Hall–Kier alpha value is -1.94. The van der Waals surface area contributed by atoms with Gasteiger partial charge in [-0.2, -0.15) is 0 Å². The SMILES string of the molecule is CCCCCCCCCCCCCCCCCCCCCCCCC(=O)O[C@H](COC(=O)CCCCCCCCCCCCCCCCCCCCCC)COP(=O)(O)OC[C@@H](O)COP(=O)(O)OC[C@@H](COC(=O)CCCCCCCCCCCCC)OC(=O)CCCCCCCCCCCCCCCCCC(C)C. The van der Waals surface area contributed by atoms with E-state index in [0.717, 1.165) is 95.8 Å². The van der Waals surface area contributed by atoms with Gasteiger partial charge in [-0.1, -0.05) is 452 Å². The van der Waals surface area contributed by atoms with Gasteiger partial charge in [0, 0.05) is 25.7 Å². The van der Waals surface area contributed by atoms with Gasteiger partial charge in [-0.3, -0.25) is 37.3 Å². The minimum absolute atomic E-state index is 0.109. The molecule has 0 fully saturated rings. The number of rotatable bonds is 92. The molecule has 3 N–H and O–H groups in total. The molecule has 0 saturated heterocycles. The van der Waals surface area contributed by atoms with Crippen molar-refractivity contribution < 1.29 is 80.2 Å². The zero-order valence-corrected chi connectivity index (χ0v) is 74.9. The number of hydrogen-bond acceptors (Lipinski definition) is 15. The first-order valence-electron chi connectivity index (χ1n) is 47.6. The predicted molar refractivity (Wildman–Crippen MR) is 460 cm³/mol. The van der Waals surface area contributed by atoms with Crippen molar-refractivity contribution in [2.24, 2.45) is 5.92 Å². The largest absolute Gasteiger partial charge is 0.472 e. The van der Waals surface area contributed by atoms with Crippen LogP contribution in [-0.4, -0.2) is 96.7 Å². The second kappa shape index (κ2) is 84.5. The Morgan fingerprint density at radius 1 is 0.243 bits per heavy atom. The average Bonchev–Trinajstić information content (AvgIpc) is 0.899. The lowest BCUT2D eigenvalue weighted by molar-refractivity contribution is -0.161. The Morgan fingerprint density at radius 2 is 0.414 bits per heavy atom. The fraction of sp³-hybridized carbons (Fsp3) is 0.957. The number of ether oxygens (including phenoxy) is 4. The summed E-state index contributed by atoms with van der Waals surface area (Å²) in [6, 6.07) is 0. The first-order chi connectivity index (χ1) is 54.0. The van der Waals surface area contributed by atoms with Crippen LogP contribution in [0, 0.1) is 5.92 Å². The van der Waals surface area contributed by atoms with Gasteiger partial charge in [0.1, 0.15) is 19.3 Å². The predicted octanol–water partition coefficient (Wildman–Crippen LogP) is 28.7. The molecule has 111 heavy (non-hydrogen) atoms. The van der Waals surface area contributed by atoms with Gasteiger partial charge in [-0.15, -0.1) is 0 Å². The lowest BCUT2D eigenvalue weighted by Gasteiger charge is -2.21. The summed E-state index contributed by atoms with van der Waals surface area (Å²) >= 11 is 0. The second-order valence-electron chi connectivity index (χ2n) is 33.5. The number of esters is 4. The molecule has 0 aliphatic heterocycles. The Labute approximate surface area is 683 Å². The van der Waals surface area contributed by atoms with E-state index in [9.17, 15) is 43.2 Å². The summed E-state index contributed by atoms with van der Waals surface area (Å²) in [6.45, 7) is 7.42. The van der Waals surface area contributed by atoms with Crippen LogP contribution in [0.3, 0.4) is 0 Å². The maximum atomic E-state index is 13.2. The van der Waals surface area contributed by atoms with E-state index in [1.54, 1.807) is 0 Å². The maximum absolute atomic E-state index is 13.2. The van der Waals surface area contributed by atoms with Crippen LogP contribution in [-0.2, 0) is 65.4 Å². The molecule has 0 spiro atoms. The van der Waals surface area contributed by atoms with Crippen molar-refractivity contribution in [3.05, 3.63) is 0 Å². The summed E-state index contributed by atoms with van der Waals surface area (Å²) < 4.78 is 69.1. The molecule has 0 aromatic heterocycles. The molecule has 0 radical (unpaired) electrons. The molecular weight excluding hydrogens is 1440 g/mol. The highest BCUT2D eigenvalue weighted by molar-refractivity contribution is 7.47. The molecule has 19 heteroatoms. The molecule has 17 nitrogen and oxygen atoms in total. The number of unbranched alkanes of at least 4 members (excludes halogenated alkanes) is 64. The Bertz CT molecular complexity index is 2100. The molecule has 0 aliphatic carbocycles. The zero-order chi connectivity index (χ0) is 81.1. The van der Waals surface area contributed by atoms with E-state index in [0.29, 0.717) is 25.7 Å². The van der Waals surface area contributed by atoms with Crippen LogP contribution in [0.25, 0.3) is 0 Å². The molecule has 660 valence electrons.